The molecule has 0 aliphatic carbocycles. The summed E-state index contributed by atoms with van der Waals surface area (Å²) in [6.45, 7) is 5.25. The molecule has 3 heterocycles. The second kappa shape index (κ2) is 9.42. The number of urea groups is 1. The van der Waals surface area contributed by atoms with Crippen molar-refractivity contribution in [3.05, 3.63) is 65.1 Å². The number of hydrogen-bond acceptors (Lipinski definition) is 5. The van der Waals surface area contributed by atoms with Crippen LogP contribution >= 0.6 is 11.6 Å². The molecule has 4 rings (SSSR count). The van der Waals surface area contributed by atoms with Crippen LogP contribution in [0, 0.1) is 0 Å². The van der Waals surface area contributed by atoms with E-state index in [0.29, 0.717) is 30.6 Å². The summed E-state index contributed by atoms with van der Waals surface area (Å²) in [5, 5.41) is 15.0. The number of carbonyl (C=O) groups excluding carboxylic acids is 1. The zero-order valence-corrected chi connectivity index (χ0v) is 17.5. The summed E-state index contributed by atoms with van der Waals surface area (Å²) in [7, 11) is 0. The van der Waals surface area contributed by atoms with Crippen LogP contribution in [0.25, 0.3) is 5.65 Å². The molecule has 30 heavy (non-hydrogen) atoms. The van der Waals surface area contributed by atoms with Crippen molar-refractivity contribution in [2.45, 2.75) is 19.0 Å². The first kappa shape index (κ1) is 20.6. The molecule has 158 valence electrons. The first-order chi connectivity index (χ1) is 14.6. The molecule has 2 N–H and O–H groups in total. The Morgan fingerprint density at radius 1 is 1.17 bits per heavy atom. The van der Waals surface area contributed by atoms with Gasteiger partial charge in [-0.05, 0) is 30.7 Å². The van der Waals surface area contributed by atoms with Crippen molar-refractivity contribution in [1.82, 2.24) is 30.1 Å². The third-order valence-corrected chi connectivity index (χ3v) is 5.63. The first-order valence-electron chi connectivity index (χ1n) is 10.0. The molecule has 1 fully saturated rings. The van der Waals surface area contributed by atoms with Crippen molar-refractivity contribution in [3.63, 3.8) is 0 Å². The number of aromatic nitrogens is 3. The minimum Gasteiger partial charge on any atom is -0.379 e. The minimum absolute atomic E-state index is 0.0300. The van der Waals surface area contributed by atoms with E-state index >= 15 is 0 Å². The normalized spacial score (nSPS) is 16.9. The summed E-state index contributed by atoms with van der Waals surface area (Å²) in [5.41, 5.74) is 1.74. The van der Waals surface area contributed by atoms with Gasteiger partial charge in [-0.25, -0.2) is 4.79 Å². The number of amides is 2. The maximum Gasteiger partial charge on any atom is 0.315 e. The average Bonchev–Trinajstić information content (AvgIpc) is 3.20. The molecule has 2 atom stereocenters. The lowest BCUT2D eigenvalue weighted by molar-refractivity contribution is 0.0167. The number of ether oxygens (including phenoxy) is 1. The van der Waals surface area contributed by atoms with E-state index < -0.39 is 0 Å². The number of halogens is 1. The van der Waals surface area contributed by atoms with E-state index in [1.54, 1.807) is 0 Å². The van der Waals surface area contributed by atoms with E-state index in [1.165, 1.54) is 0 Å². The molecule has 2 aromatic heterocycles. The number of benzene rings is 1. The van der Waals surface area contributed by atoms with Crippen LogP contribution in [0.1, 0.15) is 30.4 Å². The number of rotatable bonds is 6. The molecule has 1 aliphatic rings. The quantitative estimate of drug-likeness (QED) is 0.630. The number of fused-ring (bicyclic) bond motifs is 1. The second-order valence-corrected chi connectivity index (χ2v) is 7.66. The van der Waals surface area contributed by atoms with Crippen molar-refractivity contribution >= 4 is 23.3 Å². The molecule has 0 spiro atoms. The van der Waals surface area contributed by atoms with Gasteiger partial charge in [-0.15, -0.1) is 10.2 Å². The van der Waals surface area contributed by atoms with Crippen LogP contribution in [0.4, 0.5) is 4.79 Å². The standard InChI is InChI=1S/C21H25ClN6O2/c1-15(20-26-25-19-8-4-5-9-28(19)20)24-21(29)23-14-18(27-10-12-30-13-11-27)16-6-2-3-7-17(16)22/h2-9,15,18H,10-14H2,1H3,(H2,23,24,29). The van der Waals surface area contributed by atoms with Gasteiger partial charge in [-0.1, -0.05) is 35.9 Å². The Bertz CT molecular complexity index is 1000. The minimum atomic E-state index is -0.301. The largest absolute Gasteiger partial charge is 0.379 e. The van der Waals surface area contributed by atoms with Gasteiger partial charge in [0, 0.05) is 30.9 Å². The van der Waals surface area contributed by atoms with Gasteiger partial charge in [-0.2, -0.15) is 0 Å². The number of nitrogens with one attached hydrogen (secondary N) is 2. The Morgan fingerprint density at radius 3 is 2.73 bits per heavy atom. The van der Waals surface area contributed by atoms with Gasteiger partial charge in [0.15, 0.2) is 11.5 Å². The van der Waals surface area contributed by atoms with E-state index in [9.17, 15) is 4.79 Å². The van der Waals surface area contributed by atoms with Crippen molar-refractivity contribution in [3.8, 4) is 0 Å². The zero-order valence-electron chi connectivity index (χ0n) is 16.8. The molecule has 0 radical (unpaired) electrons. The molecule has 9 heteroatoms. The lowest BCUT2D eigenvalue weighted by Gasteiger charge is -2.35. The molecule has 1 aromatic carbocycles. The van der Waals surface area contributed by atoms with Gasteiger partial charge in [0.25, 0.3) is 0 Å². The molecular formula is C21H25ClN6O2. The molecule has 1 aliphatic heterocycles. The van der Waals surface area contributed by atoms with Gasteiger partial charge in [0.2, 0.25) is 0 Å². The lowest BCUT2D eigenvalue weighted by atomic mass is 10.0. The summed E-state index contributed by atoms with van der Waals surface area (Å²) >= 11 is 6.46. The van der Waals surface area contributed by atoms with E-state index in [-0.39, 0.29) is 18.1 Å². The molecule has 3 aromatic rings. The van der Waals surface area contributed by atoms with Crippen LogP contribution in [0.5, 0.6) is 0 Å². The fourth-order valence-electron chi connectivity index (χ4n) is 3.73. The number of nitrogens with zero attached hydrogens (tertiary/aromatic N) is 4. The number of morpholine rings is 1. The SMILES string of the molecule is CC(NC(=O)NCC(c1ccccc1Cl)N1CCOCC1)c1nnc2ccccn12. The summed E-state index contributed by atoms with van der Waals surface area (Å²) < 4.78 is 7.35. The van der Waals surface area contributed by atoms with Crippen LogP contribution in [-0.2, 0) is 4.74 Å². The lowest BCUT2D eigenvalue weighted by Crippen LogP contribution is -2.46. The van der Waals surface area contributed by atoms with Crippen LogP contribution in [0.15, 0.2) is 48.7 Å². The highest BCUT2D eigenvalue weighted by Gasteiger charge is 2.25. The third kappa shape index (κ3) is 4.56. The molecular weight excluding hydrogens is 404 g/mol. The molecule has 0 saturated carbocycles. The van der Waals surface area contributed by atoms with Crippen molar-refractivity contribution < 1.29 is 9.53 Å². The summed E-state index contributed by atoms with van der Waals surface area (Å²) in [5.74, 6) is 0.677. The first-order valence-corrected chi connectivity index (χ1v) is 10.4. The summed E-state index contributed by atoms with van der Waals surface area (Å²) in [6.07, 6.45) is 1.88. The van der Waals surface area contributed by atoms with E-state index in [0.717, 1.165) is 24.3 Å². The average molecular weight is 429 g/mol. The Labute approximate surface area is 180 Å². The Kier molecular flexibility index (Phi) is 6.47. The molecule has 2 amide bonds. The van der Waals surface area contributed by atoms with Crippen molar-refractivity contribution in [2.75, 3.05) is 32.8 Å². The Hall–Kier alpha value is -2.68. The highest BCUT2D eigenvalue weighted by Crippen LogP contribution is 2.27. The van der Waals surface area contributed by atoms with E-state index in [4.69, 9.17) is 16.3 Å². The molecule has 2 unspecified atom stereocenters. The predicted octanol–water partition coefficient (Wildman–Crippen LogP) is 2.82. The number of hydrogen-bond donors (Lipinski definition) is 2. The number of carbonyl (C=O) groups is 1. The van der Waals surface area contributed by atoms with Crippen molar-refractivity contribution in [2.24, 2.45) is 0 Å². The van der Waals surface area contributed by atoms with Crippen LogP contribution in [-0.4, -0.2) is 58.4 Å². The van der Waals surface area contributed by atoms with Gasteiger partial charge < -0.3 is 15.4 Å². The second-order valence-electron chi connectivity index (χ2n) is 7.25. The highest BCUT2D eigenvalue weighted by molar-refractivity contribution is 6.31. The van der Waals surface area contributed by atoms with Crippen LogP contribution in [0.2, 0.25) is 5.02 Å². The van der Waals surface area contributed by atoms with Gasteiger partial charge in [0.1, 0.15) is 0 Å². The van der Waals surface area contributed by atoms with Crippen LogP contribution < -0.4 is 10.6 Å². The number of pyridine rings is 1. The monoisotopic (exact) mass is 428 g/mol. The van der Waals surface area contributed by atoms with Gasteiger partial charge in [0.05, 0.1) is 25.3 Å². The summed E-state index contributed by atoms with van der Waals surface area (Å²) in [6, 6.07) is 12.8. The molecule has 1 saturated heterocycles. The smallest absolute Gasteiger partial charge is 0.315 e. The third-order valence-electron chi connectivity index (χ3n) is 5.28. The van der Waals surface area contributed by atoms with Gasteiger partial charge in [-0.3, -0.25) is 9.30 Å². The maximum atomic E-state index is 12.6. The van der Waals surface area contributed by atoms with Crippen molar-refractivity contribution in [1.29, 1.82) is 0 Å². The topological polar surface area (TPSA) is 83.8 Å². The Balaban J connectivity index is 1.42. The maximum absolute atomic E-state index is 12.6. The van der Waals surface area contributed by atoms with Crippen LogP contribution in [0.3, 0.4) is 0 Å². The molecule has 8 nitrogen and oxygen atoms in total. The molecule has 0 bridgehead atoms. The fraction of sp³-hybridized carbons (Fsp3) is 0.381. The Morgan fingerprint density at radius 2 is 1.93 bits per heavy atom. The predicted molar refractivity (Wildman–Crippen MR) is 115 cm³/mol. The van der Waals surface area contributed by atoms with E-state index in [1.807, 2.05) is 60.0 Å². The van der Waals surface area contributed by atoms with Gasteiger partial charge >= 0.3 is 6.03 Å². The summed E-state index contributed by atoms with van der Waals surface area (Å²) in [4.78, 5) is 14.9. The zero-order chi connectivity index (χ0) is 20.9. The van der Waals surface area contributed by atoms with E-state index in [2.05, 4.69) is 25.7 Å². The fourth-order valence-corrected chi connectivity index (χ4v) is 3.99. The highest BCUT2D eigenvalue weighted by atomic mass is 35.5.